The van der Waals surface area contributed by atoms with Crippen molar-refractivity contribution >= 4 is 11.8 Å². The normalized spacial score (nSPS) is 29.2. The predicted molar refractivity (Wildman–Crippen MR) is 64.4 cm³/mol. The minimum Gasteiger partial charge on any atom is -0.344 e. The Labute approximate surface area is 102 Å². The summed E-state index contributed by atoms with van der Waals surface area (Å²) in [5.74, 6) is 0.665. The molecule has 1 unspecified atom stereocenters. The molecule has 2 heterocycles. The van der Waals surface area contributed by atoms with E-state index in [1.54, 1.807) is 0 Å². The monoisotopic (exact) mass is 239 g/mol. The summed E-state index contributed by atoms with van der Waals surface area (Å²) in [6.07, 6.45) is 3.40. The summed E-state index contributed by atoms with van der Waals surface area (Å²) in [5.41, 5.74) is 0. The van der Waals surface area contributed by atoms with E-state index in [1.165, 1.54) is 6.42 Å². The molecule has 2 fully saturated rings. The largest absolute Gasteiger partial charge is 0.344 e. The van der Waals surface area contributed by atoms with Crippen LogP contribution in [-0.2, 0) is 9.59 Å². The molecule has 2 atom stereocenters. The number of amides is 2. The van der Waals surface area contributed by atoms with Crippen molar-refractivity contribution in [2.75, 3.05) is 26.7 Å². The van der Waals surface area contributed by atoms with E-state index in [2.05, 4.69) is 10.6 Å². The standard InChI is InChI=1S/C12H21N3O2/c1-13-7-9-3-2-6-15(8-9)12(17)10-4-5-11(16)14-10/h9-10,13H,2-8H2,1H3,(H,14,16)/t9?,10-/m1/s1. The maximum atomic E-state index is 12.2. The maximum absolute atomic E-state index is 12.2. The molecular weight excluding hydrogens is 218 g/mol. The zero-order valence-corrected chi connectivity index (χ0v) is 10.4. The van der Waals surface area contributed by atoms with Gasteiger partial charge in [-0.05, 0) is 38.8 Å². The molecule has 5 heteroatoms. The fourth-order valence-corrected chi connectivity index (χ4v) is 2.74. The molecule has 0 bridgehead atoms. The van der Waals surface area contributed by atoms with Crippen molar-refractivity contribution in [1.82, 2.24) is 15.5 Å². The van der Waals surface area contributed by atoms with Crippen molar-refractivity contribution in [2.45, 2.75) is 31.7 Å². The quantitative estimate of drug-likeness (QED) is 0.712. The van der Waals surface area contributed by atoms with Gasteiger partial charge in [-0.2, -0.15) is 0 Å². The molecule has 5 nitrogen and oxygen atoms in total. The Kier molecular flexibility index (Phi) is 3.99. The maximum Gasteiger partial charge on any atom is 0.245 e. The first-order valence-corrected chi connectivity index (χ1v) is 6.43. The number of likely N-dealkylation sites (tertiary alicyclic amines) is 1. The molecular formula is C12H21N3O2. The van der Waals surface area contributed by atoms with Crippen LogP contribution < -0.4 is 10.6 Å². The molecule has 0 aromatic heterocycles. The SMILES string of the molecule is CNCC1CCCN(C(=O)[C@H]2CCC(=O)N2)C1. The Hall–Kier alpha value is -1.10. The second-order valence-corrected chi connectivity index (χ2v) is 5.01. The van der Waals surface area contributed by atoms with Crippen molar-refractivity contribution in [2.24, 2.45) is 5.92 Å². The number of hydrogen-bond acceptors (Lipinski definition) is 3. The van der Waals surface area contributed by atoms with Crippen LogP contribution in [0, 0.1) is 5.92 Å². The first-order valence-electron chi connectivity index (χ1n) is 6.43. The zero-order valence-electron chi connectivity index (χ0n) is 10.4. The van der Waals surface area contributed by atoms with Gasteiger partial charge < -0.3 is 15.5 Å². The van der Waals surface area contributed by atoms with Crippen LogP contribution in [-0.4, -0.2) is 49.4 Å². The number of nitrogens with zero attached hydrogens (tertiary/aromatic N) is 1. The van der Waals surface area contributed by atoms with Gasteiger partial charge in [-0.25, -0.2) is 0 Å². The van der Waals surface area contributed by atoms with Crippen molar-refractivity contribution in [1.29, 1.82) is 0 Å². The van der Waals surface area contributed by atoms with Gasteiger partial charge in [0.2, 0.25) is 11.8 Å². The Morgan fingerprint density at radius 2 is 2.35 bits per heavy atom. The Morgan fingerprint density at radius 1 is 1.53 bits per heavy atom. The van der Waals surface area contributed by atoms with Gasteiger partial charge in [0.25, 0.3) is 0 Å². The van der Waals surface area contributed by atoms with E-state index >= 15 is 0 Å². The minimum absolute atomic E-state index is 0.00661. The van der Waals surface area contributed by atoms with Crippen LogP contribution in [0.2, 0.25) is 0 Å². The van der Waals surface area contributed by atoms with E-state index in [0.717, 1.165) is 26.1 Å². The van der Waals surface area contributed by atoms with Crippen LogP contribution in [0.25, 0.3) is 0 Å². The van der Waals surface area contributed by atoms with Crippen LogP contribution >= 0.6 is 0 Å². The van der Waals surface area contributed by atoms with Crippen molar-refractivity contribution in [3.63, 3.8) is 0 Å². The lowest BCUT2D eigenvalue weighted by molar-refractivity contribution is -0.136. The molecule has 0 aromatic rings. The van der Waals surface area contributed by atoms with Gasteiger partial charge >= 0.3 is 0 Å². The lowest BCUT2D eigenvalue weighted by atomic mass is 9.97. The molecule has 0 spiro atoms. The number of hydrogen-bond donors (Lipinski definition) is 2. The van der Waals surface area contributed by atoms with Crippen LogP contribution in [0.3, 0.4) is 0 Å². The van der Waals surface area contributed by atoms with E-state index in [-0.39, 0.29) is 17.9 Å². The molecule has 2 amide bonds. The predicted octanol–water partition coefficient (Wildman–Crippen LogP) is -0.277. The Balaban J connectivity index is 1.88. The molecule has 2 N–H and O–H groups in total. The van der Waals surface area contributed by atoms with E-state index in [9.17, 15) is 9.59 Å². The second kappa shape index (κ2) is 5.49. The highest BCUT2D eigenvalue weighted by Crippen LogP contribution is 2.18. The molecule has 0 aliphatic carbocycles. The van der Waals surface area contributed by atoms with Crippen molar-refractivity contribution < 1.29 is 9.59 Å². The number of nitrogens with one attached hydrogen (secondary N) is 2. The third-order valence-electron chi connectivity index (χ3n) is 3.62. The summed E-state index contributed by atoms with van der Waals surface area (Å²) in [4.78, 5) is 25.2. The lowest BCUT2D eigenvalue weighted by Gasteiger charge is -2.34. The summed E-state index contributed by atoms with van der Waals surface area (Å²) < 4.78 is 0. The number of carbonyl (C=O) groups is 2. The van der Waals surface area contributed by atoms with Crippen molar-refractivity contribution in [3.8, 4) is 0 Å². The van der Waals surface area contributed by atoms with Gasteiger partial charge in [-0.3, -0.25) is 9.59 Å². The van der Waals surface area contributed by atoms with Gasteiger partial charge in [0.05, 0.1) is 0 Å². The van der Waals surface area contributed by atoms with Crippen LogP contribution in [0.15, 0.2) is 0 Å². The molecule has 17 heavy (non-hydrogen) atoms. The Morgan fingerprint density at radius 3 is 3.00 bits per heavy atom. The summed E-state index contributed by atoms with van der Waals surface area (Å²) in [6, 6.07) is -0.268. The summed E-state index contributed by atoms with van der Waals surface area (Å²) in [5, 5.41) is 5.92. The van der Waals surface area contributed by atoms with Gasteiger partial charge in [0.1, 0.15) is 6.04 Å². The Bertz CT molecular complexity index is 304. The number of piperidine rings is 1. The average molecular weight is 239 g/mol. The molecule has 0 aromatic carbocycles. The highest BCUT2D eigenvalue weighted by Gasteiger charge is 2.32. The fourth-order valence-electron chi connectivity index (χ4n) is 2.74. The van der Waals surface area contributed by atoms with Crippen LogP contribution in [0.1, 0.15) is 25.7 Å². The summed E-state index contributed by atoms with van der Waals surface area (Å²) in [6.45, 7) is 2.62. The van der Waals surface area contributed by atoms with Gasteiger partial charge in [-0.15, -0.1) is 0 Å². The molecule has 96 valence electrons. The third-order valence-corrected chi connectivity index (χ3v) is 3.62. The van der Waals surface area contributed by atoms with Gasteiger partial charge in [-0.1, -0.05) is 0 Å². The number of rotatable bonds is 3. The average Bonchev–Trinajstić information content (AvgIpc) is 2.76. The van der Waals surface area contributed by atoms with E-state index in [1.807, 2.05) is 11.9 Å². The number of carbonyl (C=O) groups excluding carboxylic acids is 2. The van der Waals surface area contributed by atoms with E-state index < -0.39 is 0 Å². The van der Waals surface area contributed by atoms with E-state index in [4.69, 9.17) is 0 Å². The fraction of sp³-hybridized carbons (Fsp3) is 0.833. The van der Waals surface area contributed by atoms with Crippen molar-refractivity contribution in [3.05, 3.63) is 0 Å². The van der Waals surface area contributed by atoms with E-state index in [0.29, 0.717) is 18.8 Å². The van der Waals surface area contributed by atoms with Crippen LogP contribution in [0.5, 0.6) is 0 Å². The highest BCUT2D eigenvalue weighted by atomic mass is 16.2. The third kappa shape index (κ3) is 2.97. The summed E-state index contributed by atoms with van der Waals surface area (Å²) in [7, 11) is 1.94. The lowest BCUT2D eigenvalue weighted by Crippen LogP contribution is -2.49. The summed E-state index contributed by atoms with van der Waals surface area (Å²) >= 11 is 0. The minimum atomic E-state index is -0.268. The highest BCUT2D eigenvalue weighted by molar-refractivity contribution is 5.90. The van der Waals surface area contributed by atoms with Gasteiger partial charge in [0, 0.05) is 19.5 Å². The molecule has 2 rings (SSSR count). The first-order chi connectivity index (χ1) is 8.20. The first kappa shape index (κ1) is 12.4. The molecule has 2 aliphatic rings. The molecule has 0 saturated carbocycles. The smallest absolute Gasteiger partial charge is 0.245 e. The molecule has 2 aliphatic heterocycles. The molecule has 0 radical (unpaired) electrons. The zero-order chi connectivity index (χ0) is 12.3. The topological polar surface area (TPSA) is 61.4 Å². The van der Waals surface area contributed by atoms with Gasteiger partial charge in [0.15, 0.2) is 0 Å². The molecule has 2 saturated heterocycles. The second-order valence-electron chi connectivity index (χ2n) is 5.01. The van der Waals surface area contributed by atoms with Crippen LogP contribution in [0.4, 0.5) is 0 Å².